The molecule has 0 radical (unpaired) electrons. The quantitative estimate of drug-likeness (QED) is 0.213. The molecule has 9 heteroatoms. The van der Waals surface area contributed by atoms with Crippen molar-refractivity contribution in [1.82, 2.24) is 19.8 Å². The number of carbonyl (C=O) groups excluding carboxylic acids is 2. The molecule has 2 heterocycles. The summed E-state index contributed by atoms with van der Waals surface area (Å²) in [7, 11) is 0. The Hall–Kier alpha value is -4.11. The second-order valence-electron chi connectivity index (χ2n) is 11.7. The van der Waals surface area contributed by atoms with Crippen LogP contribution in [-0.2, 0) is 22.7 Å². The molecule has 1 aliphatic carbocycles. The molecular formula is C35H39N5O3S. The molecule has 2 amide bonds. The zero-order chi connectivity index (χ0) is 30.3. The number of hydrogen-bond donors (Lipinski definition) is 1. The molecule has 8 nitrogen and oxygen atoms in total. The van der Waals surface area contributed by atoms with E-state index in [1.807, 2.05) is 77.7 Å². The summed E-state index contributed by atoms with van der Waals surface area (Å²) in [6.45, 7) is 4.03. The second kappa shape index (κ2) is 14.1. The van der Waals surface area contributed by atoms with Gasteiger partial charge in [0.15, 0.2) is 5.16 Å². The topological polar surface area (TPSA) is 87.5 Å². The number of fused-ring (bicyclic) bond motifs is 1. The van der Waals surface area contributed by atoms with E-state index in [1.165, 1.54) is 17.4 Å². The first-order valence-electron chi connectivity index (χ1n) is 15.6. The van der Waals surface area contributed by atoms with Crippen molar-refractivity contribution < 1.29 is 9.59 Å². The van der Waals surface area contributed by atoms with E-state index in [4.69, 9.17) is 4.98 Å². The number of carbonyl (C=O) groups is 2. The smallest absolute Gasteiger partial charge is 0.262 e. The highest BCUT2D eigenvalue weighted by Gasteiger charge is 2.28. The zero-order valence-corrected chi connectivity index (χ0v) is 25.8. The molecule has 3 aromatic carbocycles. The molecule has 2 aliphatic rings. The van der Waals surface area contributed by atoms with Gasteiger partial charge in [0, 0.05) is 50.9 Å². The van der Waals surface area contributed by atoms with E-state index in [0.717, 1.165) is 44.3 Å². The molecular weight excluding hydrogens is 570 g/mol. The minimum absolute atomic E-state index is 0.00441. The van der Waals surface area contributed by atoms with Crippen LogP contribution in [0.3, 0.4) is 0 Å². The number of benzene rings is 3. The van der Waals surface area contributed by atoms with Gasteiger partial charge in [0.2, 0.25) is 11.8 Å². The minimum Gasteiger partial charge on any atom is -0.368 e. The highest BCUT2D eigenvalue weighted by Crippen LogP contribution is 2.31. The molecule has 6 rings (SSSR count). The van der Waals surface area contributed by atoms with Crippen molar-refractivity contribution in [2.75, 3.05) is 36.8 Å². The summed E-state index contributed by atoms with van der Waals surface area (Å²) < 4.78 is 1.77. The Morgan fingerprint density at radius 1 is 0.818 bits per heavy atom. The Labute approximate surface area is 262 Å². The first kappa shape index (κ1) is 29.9. The number of anilines is 1. The molecule has 2 fully saturated rings. The number of amides is 2. The van der Waals surface area contributed by atoms with Crippen LogP contribution >= 0.6 is 11.8 Å². The number of rotatable bonds is 9. The molecule has 1 aromatic heterocycles. The summed E-state index contributed by atoms with van der Waals surface area (Å²) in [6, 6.07) is 27.7. The first-order chi connectivity index (χ1) is 21.5. The number of nitrogens with zero attached hydrogens (tertiary/aromatic N) is 4. The molecule has 0 spiro atoms. The van der Waals surface area contributed by atoms with E-state index in [9.17, 15) is 14.4 Å². The number of piperazine rings is 1. The van der Waals surface area contributed by atoms with Crippen molar-refractivity contribution in [3.8, 4) is 0 Å². The predicted molar refractivity (Wildman–Crippen MR) is 176 cm³/mol. The average Bonchev–Trinajstić information content (AvgIpc) is 3.09. The van der Waals surface area contributed by atoms with Crippen LogP contribution in [0.1, 0.15) is 31.2 Å². The normalized spacial score (nSPS) is 18.7. The third-order valence-electron chi connectivity index (χ3n) is 8.87. The van der Waals surface area contributed by atoms with Gasteiger partial charge in [-0.2, -0.15) is 0 Å². The summed E-state index contributed by atoms with van der Waals surface area (Å²) in [5.41, 5.74) is 2.86. The van der Waals surface area contributed by atoms with E-state index < -0.39 is 0 Å². The molecule has 0 atom stereocenters. The van der Waals surface area contributed by atoms with Gasteiger partial charge < -0.3 is 15.1 Å². The Kier molecular flexibility index (Phi) is 9.61. The molecule has 1 saturated heterocycles. The molecule has 228 valence electrons. The summed E-state index contributed by atoms with van der Waals surface area (Å²) >= 11 is 1.36. The van der Waals surface area contributed by atoms with Crippen LogP contribution < -0.4 is 15.8 Å². The first-order valence-corrected chi connectivity index (χ1v) is 16.6. The summed E-state index contributed by atoms with van der Waals surface area (Å²) in [4.78, 5) is 48.8. The largest absolute Gasteiger partial charge is 0.368 e. The van der Waals surface area contributed by atoms with E-state index in [0.29, 0.717) is 42.2 Å². The van der Waals surface area contributed by atoms with Crippen LogP contribution in [0.15, 0.2) is 94.9 Å². The van der Waals surface area contributed by atoms with Gasteiger partial charge in [-0.25, -0.2) is 4.98 Å². The van der Waals surface area contributed by atoms with Crippen molar-refractivity contribution in [2.24, 2.45) is 11.8 Å². The number of hydrogen-bond acceptors (Lipinski definition) is 6. The van der Waals surface area contributed by atoms with Gasteiger partial charge in [-0.1, -0.05) is 72.4 Å². The van der Waals surface area contributed by atoms with Crippen LogP contribution in [-0.4, -0.2) is 58.2 Å². The lowest BCUT2D eigenvalue weighted by atomic mass is 9.81. The van der Waals surface area contributed by atoms with Gasteiger partial charge in [-0.3, -0.25) is 19.0 Å². The number of thioether (sulfide) groups is 1. The lowest BCUT2D eigenvalue weighted by Crippen LogP contribution is -2.49. The maximum Gasteiger partial charge on any atom is 0.262 e. The Morgan fingerprint density at radius 2 is 1.48 bits per heavy atom. The maximum absolute atomic E-state index is 13.7. The monoisotopic (exact) mass is 609 g/mol. The maximum atomic E-state index is 13.7. The summed E-state index contributed by atoms with van der Waals surface area (Å²) in [6.07, 6.45) is 3.35. The Morgan fingerprint density at radius 3 is 2.20 bits per heavy atom. The molecule has 4 aromatic rings. The van der Waals surface area contributed by atoms with Crippen LogP contribution in [0.4, 0.5) is 5.69 Å². The number of aromatic nitrogens is 2. The van der Waals surface area contributed by atoms with Gasteiger partial charge in [0.25, 0.3) is 5.56 Å². The lowest BCUT2D eigenvalue weighted by Gasteiger charge is -2.36. The summed E-state index contributed by atoms with van der Waals surface area (Å²) in [5, 5.41) is 4.27. The molecule has 1 N–H and O–H groups in total. The standard InChI is InChI=1S/C35H39N5O3S/c41-32(39-21-19-38(20-22-39)29-11-5-2-6-12-29)25-44-35-37-31-14-8-7-13-30(31)34(43)40(35)24-27-15-17-28(18-16-27)33(42)36-23-26-9-3-1-4-10-26/h1-14,27-28H,15-25H2,(H,36,42). The molecule has 1 saturated carbocycles. The van der Waals surface area contributed by atoms with Crippen LogP contribution in [0.5, 0.6) is 0 Å². The van der Waals surface area contributed by atoms with Crippen molar-refractivity contribution in [3.05, 3.63) is 101 Å². The van der Waals surface area contributed by atoms with Crippen molar-refractivity contribution in [2.45, 2.75) is 43.9 Å². The van der Waals surface area contributed by atoms with Crippen molar-refractivity contribution in [3.63, 3.8) is 0 Å². The van der Waals surface area contributed by atoms with Crippen LogP contribution in [0.2, 0.25) is 0 Å². The van der Waals surface area contributed by atoms with E-state index >= 15 is 0 Å². The third-order valence-corrected chi connectivity index (χ3v) is 9.83. The minimum atomic E-state index is -0.0650. The van der Waals surface area contributed by atoms with Crippen molar-refractivity contribution in [1.29, 1.82) is 0 Å². The lowest BCUT2D eigenvalue weighted by molar-refractivity contribution is -0.128. The Bertz CT molecular complexity index is 1630. The van der Waals surface area contributed by atoms with Gasteiger partial charge in [-0.15, -0.1) is 0 Å². The van der Waals surface area contributed by atoms with Gasteiger partial charge >= 0.3 is 0 Å². The highest BCUT2D eigenvalue weighted by atomic mass is 32.2. The third kappa shape index (κ3) is 7.16. The summed E-state index contributed by atoms with van der Waals surface area (Å²) in [5.74, 6) is 0.685. The number of para-hydroxylation sites is 2. The Balaban J connectivity index is 1.07. The van der Waals surface area contributed by atoms with Gasteiger partial charge in [0.1, 0.15) is 0 Å². The van der Waals surface area contributed by atoms with E-state index in [-0.39, 0.29) is 35.0 Å². The zero-order valence-electron chi connectivity index (χ0n) is 24.9. The van der Waals surface area contributed by atoms with Gasteiger partial charge in [0.05, 0.1) is 16.7 Å². The van der Waals surface area contributed by atoms with E-state index in [1.54, 1.807) is 4.57 Å². The molecule has 0 unspecified atom stereocenters. The molecule has 1 aliphatic heterocycles. The number of nitrogens with one attached hydrogen (secondary N) is 1. The fraction of sp³-hybridized carbons (Fsp3) is 0.371. The predicted octanol–water partition coefficient (Wildman–Crippen LogP) is 4.96. The molecule has 0 bridgehead atoms. The fourth-order valence-electron chi connectivity index (χ4n) is 6.28. The SMILES string of the molecule is O=C(NCc1ccccc1)C1CCC(Cn2c(SCC(=O)N3CCN(c4ccccc4)CC3)nc3ccccc3c2=O)CC1. The van der Waals surface area contributed by atoms with E-state index in [2.05, 4.69) is 22.3 Å². The van der Waals surface area contributed by atoms with Crippen molar-refractivity contribution >= 4 is 40.2 Å². The van der Waals surface area contributed by atoms with Crippen LogP contribution in [0, 0.1) is 11.8 Å². The fourth-order valence-corrected chi connectivity index (χ4v) is 7.20. The van der Waals surface area contributed by atoms with Crippen LogP contribution in [0.25, 0.3) is 10.9 Å². The second-order valence-corrected chi connectivity index (χ2v) is 12.7. The van der Waals surface area contributed by atoms with Gasteiger partial charge in [-0.05, 0) is 61.4 Å². The highest BCUT2D eigenvalue weighted by molar-refractivity contribution is 7.99. The average molecular weight is 610 g/mol. The molecule has 44 heavy (non-hydrogen) atoms.